The van der Waals surface area contributed by atoms with Crippen LogP contribution in [0.15, 0.2) is 0 Å². The zero-order chi connectivity index (χ0) is 19.3. The normalized spacial score (nSPS) is 34.8. The van der Waals surface area contributed by atoms with E-state index in [2.05, 4.69) is 0 Å². The van der Waals surface area contributed by atoms with Gasteiger partial charge in [-0.1, -0.05) is 0 Å². The number of nitrogens with one attached hydrogen (secondary N) is 1. The van der Waals surface area contributed by atoms with Gasteiger partial charge in [-0.2, -0.15) is 0 Å². The minimum atomic E-state index is -2.17. The first kappa shape index (κ1) is 22.1. The van der Waals surface area contributed by atoms with Crippen molar-refractivity contribution in [1.29, 1.82) is 0 Å². The molecule has 0 radical (unpaired) electrons. The molecule has 0 aromatic heterocycles. The van der Waals surface area contributed by atoms with Gasteiger partial charge in [0.25, 0.3) is 5.91 Å². The molecule has 1 heterocycles. The van der Waals surface area contributed by atoms with E-state index in [0.717, 1.165) is 0 Å². The standard InChI is InChI=1S/C12H24N2O11/c13-14-11(23)8(21)7(20)10(3(17)1-15)25-12-9(22)6(19)5(18)4(2-16)24-12/h3-10,12,15-22H,1-2,13H2,(H,14,23)/t3-,4-,5+,6+,7+,8-,9-,10-,12+/m1/s1. The van der Waals surface area contributed by atoms with Crippen molar-refractivity contribution >= 4 is 5.91 Å². The van der Waals surface area contributed by atoms with Crippen LogP contribution in [0.3, 0.4) is 0 Å². The van der Waals surface area contributed by atoms with Crippen LogP contribution in [-0.2, 0) is 14.3 Å². The number of carbonyl (C=O) groups excluding carboxylic acids is 1. The second-order valence-electron chi connectivity index (χ2n) is 5.49. The second kappa shape index (κ2) is 9.65. The summed E-state index contributed by atoms with van der Waals surface area (Å²) in [7, 11) is 0. The monoisotopic (exact) mass is 372 g/mol. The number of carbonyl (C=O) groups is 1. The largest absolute Gasteiger partial charge is 0.394 e. The Bertz CT molecular complexity index is 426. The van der Waals surface area contributed by atoms with Gasteiger partial charge in [0.05, 0.1) is 13.2 Å². The van der Waals surface area contributed by atoms with E-state index in [0.29, 0.717) is 0 Å². The Balaban J connectivity index is 2.95. The fourth-order valence-electron chi connectivity index (χ4n) is 2.26. The Morgan fingerprint density at radius 1 is 1.12 bits per heavy atom. The first-order valence-electron chi connectivity index (χ1n) is 7.31. The van der Waals surface area contributed by atoms with E-state index in [9.17, 15) is 35.4 Å². The highest BCUT2D eigenvalue weighted by atomic mass is 16.7. The fraction of sp³-hybridized carbons (Fsp3) is 0.917. The van der Waals surface area contributed by atoms with Crippen molar-refractivity contribution in [1.82, 2.24) is 5.43 Å². The number of nitrogens with two attached hydrogens (primary N) is 1. The molecule has 1 aliphatic heterocycles. The number of hydrogen-bond acceptors (Lipinski definition) is 12. The third-order valence-corrected chi connectivity index (χ3v) is 3.78. The third kappa shape index (κ3) is 5.02. The first-order valence-corrected chi connectivity index (χ1v) is 7.31. The number of aliphatic hydroxyl groups is 8. The average molecular weight is 372 g/mol. The smallest absolute Gasteiger partial charge is 0.265 e. The van der Waals surface area contributed by atoms with Crippen LogP contribution in [-0.4, -0.2) is 115 Å². The van der Waals surface area contributed by atoms with Crippen molar-refractivity contribution in [3.8, 4) is 0 Å². The molecule has 148 valence electrons. The first-order chi connectivity index (χ1) is 11.7. The molecule has 0 spiro atoms. The van der Waals surface area contributed by atoms with E-state index < -0.39 is 74.2 Å². The Kier molecular flexibility index (Phi) is 8.52. The minimum Gasteiger partial charge on any atom is -0.394 e. The van der Waals surface area contributed by atoms with Crippen LogP contribution in [0.1, 0.15) is 0 Å². The van der Waals surface area contributed by atoms with Gasteiger partial charge in [-0.3, -0.25) is 10.2 Å². The zero-order valence-corrected chi connectivity index (χ0v) is 13.0. The van der Waals surface area contributed by atoms with E-state index in [1.54, 1.807) is 5.43 Å². The maximum Gasteiger partial charge on any atom is 0.265 e. The molecule has 11 N–H and O–H groups in total. The summed E-state index contributed by atoms with van der Waals surface area (Å²) in [6.45, 7) is -1.71. The quantitative estimate of drug-likeness (QED) is 0.109. The van der Waals surface area contributed by atoms with Gasteiger partial charge in [-0.15, -0.1) is 0 Å². The molecule has 0 bridgehead atoms. The molecule has 1 aliphatic rings. The van der Waals surface area contributed by atoms with Gasteiger partial charge >= 0.3 is 0 Å². The van der Waals surface area contributed by atoms with Gasteiger partial charge in [0, 0.05) is 0 Å². The van der Waals surface area contributed by atoms with E-state index in [4.69, 9.17) is 25.5 Å². The van der Waals surface area contributed by atoms with Crippen molar-refractivity contribution in [3.05, 3.63) is 0 Å². The third-order valence-electron chi connectivity index (χ3n) is 3.78. The highest BCUT2D eigenvalue weighted by Crippen LogP contribution is 2.24. The Morgan fingerprint density at radius 2 is 1.72 bits per heavy atom. The minimum absolute atomic E-state index is 0.751. The summed E-state index contributed by atoms with van der Waals surface area (Å²) in [5.74, 6) is 3.60. The van der Waals surface area contributed by atoms with Crippen molar-refractivity contribution in [2.45, 2.75) is 55.1 Å². The lowest BCUT2D eigenvalue weighted by atomic mass is 9.98. The van der Waals surface area contributed by atoms with Gasteiger partial charge < -0.3 is 50.3 Å². The van der Waals surface area contributed by atoms with E-state index >= 15 is 0 Å². The number of amides is 1. The fourth-order valence-corrected chi connectivity index (χ4v) is 2.26. The van der Waals surface area contributed by atoms with Crippen LogP contribution in [0.5, 0.6) is 0 Å². The summed E-state index contributed by atoms with van der Waals surface area (Å²) < 4.78 is 10.1. The van der Waals surface area contributed by atoms with Crippen LogP contribution in [0.4, 0.5) is 0 Å². The van der Waals surface area contributed by atoms with E-state index in [1.165, 1.54) is 0 Å². The van der Waals surface area contributed by atoms with Crippen molar-refractivity contribution < 1.29 is 55.1 Å². The maximum absolute atomic E-state index is 11.3. The van der Waals surface area contributed by atoms with Crippen LogP contribution in [0, 0.1) is 0 Å². The summed E-state index contributed by atoms with van der Waals surface area (Å²) in [6, 6.07) is 0. The average Bonchev–Trinajstić information content (AvgIpc) is 2.63. The van der Waals surface area contributed by atoms with Crippen molar-refractivity contribution in [3.63, 3.8) is 0 Å². The van der Waals surface area contributed by atoms with Gasteiger partial charge in [-0.05, 0) is 0 Å². The molecule has 0 aromatic carbocycles. The van der Waals surface area contributed by atoms with E-state index in [1.807, 2.05) is 0 Å². The molecule has 1 fully saturated rings. The molecule has 13 nitrogen and oxygen atoms in total. The zero-order valence-electron chi connectivity index (χ0n) is 13.0. The summed E-state index contributed by atoms with van der Waals surface area (Å²) >= 11 is 0. The number of hydrazine groups is 1. The number of ether oxygens (including phenoxy) is 2. The van der Waals surface area contributed by atoms with Gasteiger partial charge in [0.15, 0.2) is 12.4 Å². The molecule has 1 saturated heterocycles. The highest BCUT2D eigenvalue weighted by molar-refractivity contribution is 5.80. The molecule has 9 atom stereocenters. The van der Waals surface area contributed by atoms with Crippen molar-refractivity contribution in [2.75, 3.05) is 13.2 Å². The molecule has 25 heavy (non-hydrogen) atoms. The maximum atomic E-state index is 11.3. The number of aliphatic hydroxyl groups excluding tert-OH is 8. The molecule has 0 unspecified atom stereocenters. The Labute approximate surface area is 141 Å². The molecular formula is C12H24N2O11. The molecule has 0 aliphatic carbocycles. The lowest BCUT2D eigenvalue weighted by Crippen LogP contribution is -2.62. The second-order valence-corrected chi connectivity index (χ2v) is 5.49. The van der Waals surface area contributed by atoms with Crippen LogP contribution in [0.2, 0.25) is 0 Å². The predicted octanol–water partition coefficient (Wildman–Crippen LogP) is -6.76. The number of rotatable bonds is 8. The summed E-state index contributed by atoms with van der Waals surface area (Å²) in [4.78, 5) is 11.3. The van der Waals surface area contributed by atoms with E-state index in [-0.39, 0.29) is 0 Å². The van der Waals surface area contributed by atoms with Crippen LogP contribution < -0.4 is 11.3 Å². The lowest BCUT2D eigenvalue weighted by molar-refractivity contribution is -0.326. The molecular weight excluding hydrogens is 348 g/mol. The SMILES string of the molecule is NNC(=O)[C@H](O)[C@H](O)[C@H](O[C@@H]1O[C@H](CO)[C@H](O)[C@H](O)[C@H]1O)[C@H](O)CO. The molecule has 1 rings (SSSR count). The summed E-state index contributed by atoms with van der Waals surface area (Å²) in [6.07, 6.45) is -16.4. The Hall–Kier alpha value is -0.970. The summed E-state index contributed by atoms with van der Waals surface area (Å²) in [5, 5.41) is 76.7. The highest BCUT2D eigenvalue weighted by Gasteiger charge is 2.47. The molecule has 0 saturated carbocycles. The van der Waals surface area contributed by atoms with Gasteiger partial charge in [0.2, 0.25) is 0 Å². The lowest BCUT2D eigenvalue weighted by Gasteiger charge is -2.42. The summed E-state index contributed by atoms with van der Waals surface area (Å²) in [5.41, 5.74) is 1.56. The molecule has 0 aromatic rings. The van der Waals surface area contributed by atoms with Gasteiger partial charge in [0.1, 0.15) is 42.7 Å². The van der Waals surface area contributed by atoms with Crippen LogP contribution >= 0.6 is 0 Å². The van der Waals surface area contributed by atoms with Crippen molar-refractivity contribution in [2.24, 2.45) is 5.84 Å². The predicted molar refractivity (Wildman–Crippen MR) is 76.1 cm³/mol. The molecule has 1 amide bonds. The Morgan fingerprint density at radius 3 is 2.20 bits per heavy atom. The van der Waals surface area contributed by atoms with Crippen LogP contribution in [0.25, 0.3) is 0 Å². The molecule has 13 heteroatoms. The number of hydrogen-bond donors (Lipinski definition) is 10. The van der Waals surface area contributed by atoms with Gasteiger partial charge in [-0.25, -0.2) is 5.84 Å². The topological polar surface area (TPSA) is 235 Å².